The summed E-state index contributed by atoms with van der Waals surface area (Å²) in [5.41, 5.74) is 6.03. The number of ether oxygens (including phenoxy) is 1. The predicted molar refractivity (Wildman–Crippen MR) is 74.9 cm³/mol. The monoisotopic (exact) mass is 283 g/mol. The predicted octanol–water partition coefficient (Wildman–Crippen LogP) is -0.134. The molecule has 2 amide bonds. The molecule has 0 spiro atoms. The minimum Gasteiger partial charge on any atom is -0.381 e. The first-order valence-corrected chi connectivity index (χ1v) is 7.42. The molecular formula is C14H25N3O3. The van der Waals surface area contributed by atoms with Crippen LogP contribution in [0.15, 0.2) is 0 Å². The van der Waals surface area contributed by atoms with E-state index in [9.17, 15) is 9.59 Å². The summed E-state index contributed by atoms with van der Waals surface area (Å²) in [6.07, 6.45) is 2.04. The quantitative estimate of drug-likeness (QED) is 0.752. The summed E-state index contributed by atoms with van der Waals surface area (Å²) in [4.78, 5) is 25.8. The molecule has 0 saturated carbocycles. The maximum absolute atomic E-state index is 12.2. The molecule has 2 fully saturated rings. The molecule has 2 aliphatic rings. The summed E-state index contributed by atoms with van der Waals surface area (Å²) in [6, 6.07) is -0.432. The van der Waals surface area contributed by atoms with Crippen LogP contribution in [0.5, 0.6) is 0 Å². The number of likely N-dealkylation sites (tertiary alicyclic amines) is 1. The number of nitrogens with two attached hydrogens (primary N) is 1. The van der Waals surface area contributed by atoms with Crippen molar-refractivity contribution in [2.24, 2.45) is 11.7 Å². The van der Waals surface area contributed by atoms with E-state index in [1.165, 1.54) is 0 Å². The zero-order valence-electron chi connectivity index (χ0n) is 12.3. The minimum absolute atomic E-state index is 0.102. The van der Waals surface area contributed by atoms with Gasteiger partial charge in [-0.15, -0.1) is 0 Å². The number of hydrogen-bond donors (Lipinski definition) is 2. The van der Waals surface area contributed by atoms with Crippen molar-refractivity contribution in [1.29, 1.82) is 0 Å². The Bertz CT molecular complexity index is 367. The van der Waals surface area contributed by atoms with E-state index in [1.807, 2.05) is 13.8 Å². The van der Waals surface area contributed by atoms with E-state index >= 15 is 0 Å². The summed E-state index contributed by atoms with van der Waals surface area (Å²) in [7, 11) is 0. The number of carbonyl (C=O) groups is 2. The molecule has 2 unspecified atom stereocenters. The number of nitrogens with zero attached hydrogens (tertiary/aromatic N) is 1. The van der Waals surface area contributed by atoms with E-state index in [4.69, 9.17) is 10.5 Å². The number of nitrogens with one attached hydrogen (secondary N) is 1. The van der Waals surface area contributed by atoms with Crippen LogP contribution in [0.4, 0.5) is 0 Å². The van der Waals surface area contributed by atoms with Gasteiger partial charge in [-0.1, -0.05) is 0 Å². The Morgan fingerprint density at radius 3 is 2.60 bits per heavy atom. The number of hydrogen-bond acceptors (Lipinski definition) is 4. The lowest BCUT2D eigenvalue weighted by Crippen LogP contribution is -2.50. The van der Waals surface area contributed by atoms with Gasteiger partial charge in [0.05, 0.1) is 12.1 Å². The number of carbonyl (C=O) groups excluding carboxylic acids is 2. The summed E-state index contributed by atoms with van der Waals surface area (Å²) in [5, 5.41) is 2.92. The molecule has 6 nitrogen and oxygen atoms in total. The Labute approximate surface area is 120 Å². The Balaban J connectivity index is 1.84. The van der Waals surface area contributed by atoms with Crippen molar-refractivity contribution in [3.8, 4) is 0 Å². The lowest BCUT2D eigenvalue weighted by Gasteiger charge is -2.28. The van der Waals surface area contributed by atoms with Gasteiger partial charge in [-0.3, -0.25) is 9.59 Å². The van der Waals surface area contributed by atoms with E-state index in [-0.39, 0.29) is 29.8 Å². The molecule has 2 aliphatic heterocycles. The molecule has 3 N–H and O–H groups in total. The molecule has 2 heterocycles. The summed E-state index contributed by atoms with van der Waals surface area (Å²) >= 11 is 0. The molecule has 2 saturated heterocycles. The zero-order chi connectivity index (χ0) is 14.7. The van der Waals surface area contributed by atoms with E-state index in [1.54, 1.807) is 4.90 Å². The molecule has 20 heavy (non-hydrogen) atoms. The lowest BCUT2D eigenvalue weighted by atomic mass is 9.91. The van der Waals surface area contributed by atoms with Crippen LogP contribution in [0, 0.1) is 5.92 Å². The third kappa shape index (κ3) is 3.49. The molecule has 0 aromatic rings. The average Bonchev–Trinajstić information content (AvgIpc) is 2.79. The first-order chi connectivity index (χ1) is 9.49. The normalized spacial score (nSPS) is 26.1. The Hall–Kier alpha value is -1.14. The van der Waals surface area contributed by atoms with Gasteiger partial charge in [-0.25, -0.2) is 0 Å². The summed E-state index contributed by atoms with van der Waals surface area (Å²) in [5.74, 6) is 0.146. The highest BCUT2D eigenvalue weighted by Crippen LogP contribution is 2.19. The number of amides is 2. The fourth-order valence-corrected chi connectivity index (χ4v) is 2.91. The van der Waals surface area contributed by atoms with E-state index < -0.39 is 6.04 Å². The van der Waals surface area contributed by atoms with E-state index in [0.29, 0.717) is 26.2 Å². The van der Waals surface area contributed by atoms with Gasteiger partial charge < -0.3 is 20.7 Å². The standard InChI is InChI=1S/C14H25N3O3/c1-9(2)17-8-11(7-12(17)18)16-14(19)13(15)10-3-5-20-6-4-10/h9-11,13H,3-8,15H2,1-2H3,(H,16,19). The van der Waals surface area contributed by atoms with Crippen LogP contribution in [0.3, 0.4) is 0 Å². The van der Waals surface area contributed by atoms with Crippen LogP contribution >= 0.6 is 0 Å². The third-order valence-electron chi connectivity index (χ3n) is 4.20. The molecular weight excluding hydrogens is 258 g/mol. The highest BCUT2D eigenvalue weighted by Gasteiger charge is 2.34. The molecule has 0 aromatic heterocycles. The highest BCUT2D eigenvalue weighted by molar-refractivity contribution is 5.85. The van der Waals surface area contributed by atoms with Crippen LogP contribution in [0.1, 0.15) is 33.1 Å². The first-order valence-electron chi connectivity index (χ1n) is 7.42. The van der Waals surface area contributed by atoms with Gasteiger partial charge >= 0.3 is 0 Å². The van der Waals surface area contributed by atoms with E-state index in [0.717, 1.165) is 12.8 Å². The van der Waals surface area contributed by atoms with Crippen molar-refractivity contribution < 1.29 is 14.3 Å². The van der Waals surface area contributed by atoms with E-state index in [2.05, 4.69) is 5.32 Å². The second kappa shape index (κ2) is 6.54. The summed E-state index contributed by atoms with van der Waals surface area (Å²) < 4.78 is 5.28. The first kappa shape index (κ1) is 15.3. The van der Waals surface area contributed by atoms with Crippen LogP contribution in [-0.2, 0) is 14.3 Å². The van der Waals surface area contributed by atoms with Gasteiger partial charge in [0.15, 0.2) is 0 Å². The fraction of sp³-hybridized carbons (Fsp3) is 0.857. The summed E-state index contributed by atoms with van der Waals surface area (Å²) in [6.45, 7) is 5.90. The topological polar surface area (TPSA) is 84.7 Å². The van der Waals surface area contributed by atoms with Crippen molar-refractivity contribution in [2.75, 3.05) is 19.8 Å². The van der Waals surface area contributed by atoms with Crippen molar-refractivity contribution in [1.82, 2.24) is 10.2 Å². The molecule has 0 aromatic carbocycles. The Kier molecular flexibility index (Phi) is 4.99. The van der Waals surface area contributed by atoms with Gasteiger partial charge in [-0.2, -0.15) is 0 Å². The highest BCUT2D eigenvalue weighted by atomic mass is 16.5. The largest absolute Gasteiger partial charge is 0.381 e. The number of rotatable bonds is 4. The third-order valence-corrected chi connectivity index (χ3v) is 4.20. The van der Waals surface area contributed by atoms with Crippen LogP contribution in [-0.4, -0.2) is 54.6 Å². The van der Waals surface area contributed by atoms with Gasteiger partial charge in [-0.05, 0) is 32.6 Å². The molecule has 0 bridgehead atoms. The minimum atomic E-state index is -0.498. The Morgan fingerprint density at radius 2 is 2.05 bits per heavy atom. The molecule has 0 aliphatic carbocycles. The van der Waals surface area contributed by atoms with Crippen molar-refractivity contribution in [3.63, 3.8) is 0 Å². The van der Waals surface area contributed by atoms with Gasteiger partial charge in [0, 0.05) is 32.2 Å². The SMILES string of the molecule is CC(C)N1CC(NC(=O)C(N)C2CCOCC2)CC1=O. The smallest absolute Gasteiger partial charge is 0.237 e. The van der Waals surface area contributed by atoms with Crippen LogP contribution in [0.25, 0.3) is 0 Å². The zero-order valence-corrected chi connectivity index (χ0v) is 12.3. The maximum atomic E-state index is 12.2. The Morgan fingerprint density at radius 1 is 1.40 bits per heavy atom. The van der Waals surface area contributed by atoms with Crippen LogP contribution in [0.2, 0.25) is 0 Å². The van der Waals surface area contributed by atoms with Crippen molar-refractivity contribution in [2.45, 2.75) is 51.2 Å². The van der Waals surface area contributed by atoms with Gasteiger partial charge in [0.1, 0.15) is 0 Å². The second-order valence-electron chi connectivity index (χ2n) is 6.03. The fourth-order valence-electron chi connectivity index (χ4n) is 2.91. The average molecular weight is 283 g/mol. The second-order valence-corrected chi connectivity index (χ2v) is 6.03. The van der Waals surface area contributed by atoms with Crippen LogP contribution < -0.4 is 11.1 Å². The maximum Gasteiger partial charge on any atom is 0.237 e. The molecule has 0 radical (unpaired) electrons. The molecule has 114 valence electrons. The van der Waals surface area contributed by atoms with Crippen molar-refractivity contribution >= 4 is 11.8 Å². The van der Waals surface area contributed by atoms with Crippen molar-refractivity contribution in [3.05, 3.63) is 0 Å². The van der Waals surface area contributed by atoms with Gasteiger partial charge in [0.2, 0.25) is 11.8 Å². The molecule has 2 atom stereocenters. The molecule has 2 rings (SSSR count). The molecule has 6 heteroatoms. The lowest BCUT2D eigenvalue weighted by molar-refractivity contribution is -0.129. The van der Waals surface area contributed by atoms with Gasteiger partial charge in [0.25, 0.3) is 0 Å².